The van der Waals surface area contributed by atoms with Crippen molar-refractivity contribution in [2.75, 3.05) is 5.75 Å². The first-order valence-electron chi connectivity index (χ1n) is 9.43. The normalized spacial score (nSPS) is 11.9. The molecular weight excluding hydrogens is 427 g/mol. The Morgan fingerprint density at radius 2 is 1.76 bits per heavy atom. The highest BCUT2D eigenvalue weighted by Crippen LogP contribution is 2.24. The fourth-order valence-electron chi connectivity index (χ4n) is 2.73. The summed E-state index contributed by atoms with van der Waals surface area (Å²) in [6, 6.07) is 14.5. The van der Waals surface area contributed by atoms with Crippen molar-refractivity contribution in [2.24, 2.45) is 0 Å². The molecule has 1 atom stereocenters. The van der Waals surface area contributed by atoms with Crippen LogP contribution in [0.4, 0.5) is 0 Å². The van der Waals surface area contributed by atoms with Crippen molar-refractivity contribution in [1.29, 1.82) is 0 Å². The number of halogens is 2. The van der Waals surface area contributed by atoms with Gasteiger partial charge in [0.25, 0.3) is 0 Å². The van der Waals surface area contributed by atoms with E-state index < -0.39 is 6.04 Å². The van der Waals surface area contributed by atoms with Crippen LogP contribution < -0.4 is 5.32 Å². The number of thioether (sulfide) groups is 1. The Labute approximate surface area is 187 Å². The molecule has 2 amide bonds. The number of carbonyl (C=O) groups excluding carboxylic acids is 2. The van der Waals surface area contributed by atoms with E-state index in [9.17, 15) is 9.59 Å². The second-order valence-electron chi connectivity index (χ2n) is 7.08. The van der Waals surface area contributed by atoms with E-state index in [2.05, 4.69) is 5.32 Å². The van der Waals surface area contributed by atoms with Crippen LogP contribution in [0.25, 0.3) is 0 Å². The first-order valence-corrected chi connectivity index (χ1v) is 11.3. The summed E-state index contributed by atoms with van der Waals surface area (Å²) in [6.45, 7) is 5.76. The average molecular weight is 453 g/mol. The molecule has 0 aliphatic rings. The summed E-state index contributed by atoms with van der Waals surface area (Å²) in [5.41, 5.74) is 1.91. The summed E-state index contributed by atoms with van der Waals surface area (Å²) in [5.74, 6) is 0.712. The average Bonchev–Trinajstić information content (AvgIpc) is 2.67. The summed E-state index contributed by atoms with van der Waals surface area (Å²) in [7, 11) is 0. The van der Waals surface area contributed by atoms with E-state index in [-0.39, 0.29) is 30.2 Å². The molecule has 2 rings (SSSR count). The maximum Gasteiger partial charge on any atom is 0.242 e. The van der Waals surface area contributed by atoms with Gasteiger partial charge in [-0.05, 0) is 44.0 Å². The van der Waals surface area contributed by atoms with Crippen molar-refractivity contribution in [2.45, 2.75) is 45.2 Å². The van der Waals surface area contributed by atoms with Crippen LogP contribution in [0.15, 0.2) is 48.5 Å². The molecule has 29 heavy (non-hydrogen) atoms. The smallest absolute Gasteiger partial charge is 0.242 e. The standard InChI is InChI=1S/C22H26Cl2N2O2S/c1-15(2)25-22(28)16(3)26(12-18-9-10-19(23)11-20(18)24)21(27)14-29-13-17-7-5-4-6-8-17/h4-11,15-16H,12-14H2,1-3H3,(H,25,28)/t16-/m1/s1. The summed E-state index contributed by atoms with van der Waals surface area (Å²) >= 11 is 13.8. The lowest BCUT2D eigenvalue weighted by Crippen LogP contribution is -2.49. The third-order valence-corrected chi connectivity index (χ3v) is 5.87. The van der Waals surface area contributed by atoms with Crippen LogP contribution in [0.2, 0.25) is 10.0 Å². The van der Waals surface area contributed by atoms with Crippen LogP contribution in [-0.4, -0.2) is 34.6 Å². The van der Waals surface area contributed by atoms with Gasteiger partial charge >= 0.3 is 0 Å². The van der Waals surface area contributed by atoms with E-state index in [0.717, 1.165) is 16.9 Å². The minimum atomic E-state index is -0.617. The van der Waals surface area contributed by atoms with Crippen LogP contribution >= 0.6 is 35.0 Å². The molecule has 0 saturated heterocycles. The maximum absolute atomic E-state index is 13.0. The summed E-state index contributed by atoms with van der Waals surface area (Å²) in [6.07, 6.45) is 0. The van der Waals surface area contributed by atoms with Crippen molar-refractivity contribution in [3.63, 3.8) is 0 Å². The van der Waals surface area contributed by atoms with E-state index >= 15 is 0 Å². The third-order valence-electron chi connectivity index (χ3n) is 4.29. The number of benzene rings is 2. The van der Waals surface area contributed by atoms with E-state index in [1.54, 1.807) is 30.0 Å². The Morgan fingerprint density at radius 3 is 2.38 bits per heavy atom. The lowest BCUT2D eigenvalue weighted by atomic mass is 10.1. The van der Waals surface area contributed by atoms with Gasteiger partial charge in [-0.2, -0.15) is 0 Å². The molecule has 156 valence electrons. The zero-order valence-corrected chi connectivity index (χ0v) is 19.2. The topological polar surface area (TPSA) is 49.4 Å². The van der Waals surface area contributed by atoms with Crippen molar-refractivity contribution >= 4 is 46.8 Å². The minimum Gasteiger partial charge on any atom is -0.352 e. The summed E-state index contributed by atoms with van der Waals surface area (Å²) < 4.78 is 0. The van der Waals surface area contributed by atoms with Crippen LogP contribution in [-0.2, 0) is 21.9 Å². The molecule has 7 heteroatoms. The van der Waals surface area contributed by atoms with E-state index in [4.69, 9.17) is 23.2 Å². The predicted octanol–water partition coefficient (Wildman–Crippen LogP) is 5.17. The minimum absolute atomic E-state index is 0.00604. The molecule has 0 heterocycles. The van der Waals surface area contributed by atoms with E-state index in [1.807, 2.05) is 44.2 Å². The van der Waals surface area contributed by atoms with Gasteiger partial charge in [0, 0.05) is 28.4 Å². The monoisotopic (exact) mass is 452 g/mol. The van der Waals surface area contributed by atoms with Crippen molar-refractivity contribution < 1.29 is 9.59 Å². The molecular formula is C22H26Cl2N2O2S. The number of hydrogen-bond donors (Lipinski definition) is 1. The van der Waals surface area contributed by atoms with Gasteiger partial charge in [-0.3, -0.25) is 9.59 Å². The van der Waals surface area contributed by atoms with Crippen molar-refractivity contribution in [3.8, 4) is 0 Å². The van der Waals surface area contributed by atoms with Gasteiger partial charge in [0.1, 0.15) is 6.04 Å². The molecule has 0 saturated carbocycles. The Morgan fingerprint density at radius 1 is 1.07 bits per heavy atom. The quantitative estimate of drug-likeness (QED) is 0.570. The maximum atomic E-state index is 13.0. The molecule has 0 aromatic heterocycles. The Bertz CT molecular complexity index is 831. The summed E-state index contributed by atoms with van der Waals surface area (Å²) in [4.78, 5) is 27.1. The molecule has 0 aliphatic carbocycles. The molecule has 0 bridgehead atoms. The van der Waals surface area contributed by atoms with Crippen LogP contribution in [0.3, 0.4) is 0 Å². The molecule has 0 aliphatic heterocycles. The van der Waals surface area contributed by atoms with Crippen molar-refractivity contribution in [3.05, 3.63) is 69.7 Å². The number of carbonyl (C=O) groups is 2. The molecule has 2 aromatic carbocycles. The number of nitrogens with zero attached hydrogens (tertiary/aromatic N) is 1. The SMILES string of the molecule is CC(C)NC(=O)[C@@H](C)N(Cc1ccc(Cl)cc1Cl)C(=O)CSCc1ccccc1. The Balaban J connectivity index is 2.11. The molecule has 0 unspecified atom stereocenters. The molecule has 4 nitrogen and oxygen atoms in total. The van der Waals surface area contributed by atoms with Gasteiger partial charge in [0.2, 0.25) is 11.8 Å². The first-order chi connectivity index (χ1) is 13.8. The number of rotatable bonds is 9. The molecule has 1 N–H and O–H groups in total. The molecule has 0 radical (unpaired) electrons. The predicted molar refractivity (Wildman–Crippen MR) is 122 cm³/mol. The van der Waals surface area contributed by atoms with Crippen LogP contribution in [0, 0.1) is 0 Å². The van der Waals surface area contributed by atoms with Crippen LogP contribution in [0.1, 0.15) is 31.9 Å². The number of nitrogens with one attached hydrogen (secondary N) is 1. The zero-order valence-electron chi connectivity index (χ0n) is 16.8. The number of hydrogen-bond acceptors (Lipinski definition) is 3. The lowest BCUT2D eigenvalue weighted by Gasteiger charge is -2.29. The van der Waals surface area contributed by atoms with Gasteiger partial charge in [0.15, 0.2) is 0 Å². The fourth-order valence-corrected chi connectivity index (χ4v) is 4.07. The second-order valence-corrected chi connectivity index (χ2v) is 8.90. The zero-order chi connectivity index (χ0) is 21.4. The fraction of sp³-hybridized carbons (Fsp3) is 0.364. The first kappa shape index (κ1) is 23.6. The van der Waals surface area contributed by atoms with Gasteiger partial charge in [-0.15, -0.1) is 11.8 Å². The highest BCUT2D eigenvalue weighted by atomic mass is 35.5. The van der Waals surface area contributed by atoms with E-state index in [1.165, 1.54) is 11.8 Å². The number of amides is 2. The highest BCUT2D eigenvalue weighted by molar-refractivity contribution is 7.99. The molecule has 0 spiro atoms. The highest BCUT2D eigenvalue weighted by Gasteiger charge is 2.27. The van der Waals surface area contributed by atoms with Gasteiger partial charge in [-0.1, -0.05) is 59.6 Å². The van der Waals surface area contributed by atoms with Crippen LogP contribution in [0.5, 0.6) is 0 Å². The van der Waals surface area contributed by atoms with Gasteiger partial charge < -0.3 is 10.2 Å². The Hall–Kier alpha value is -1.69. The van der Waals surface area contributed by atoms with Crippen molar-refractivity contribution in [1.82, 2.24) is 10.2 Å². The lowest BCUT2D eigenvalue weighted by molar-refractivity contribution is -0.138. The largest absolute Gasteiger partial charge is 0.352 e. The third kappa shape index (κ3) is 7.57. The molecule has 0 fully saturated rings. The molecule has 2 aromatic rings. The summed E-state index contributed by atoms with van der Waals surface area (Å²) in [5, 5.41) is 3.88. The van der Waals surface area contributed by atoms with Gasteiger partial charge in [-0.25, -0.2) is 0 Å². The van der Waals surface area contributed by atoms with E-state index in [0.29, 0.717) is 10.0 Å². The second kappa shape index (κ2) is 11.5. The van der Waals surface area contributed by atoms with Gasteiger partial charge in [0.05, 0.1) is 5.75 Å². The Kier molecular flexibility index (Phi) is 9.34.